The minimum atomic E-state index is -7.01. The highest BCUT2D eigenvalue weighted by atomic mass is 35.5. The van der Waals surface area contributed by atoms with Gasteiger partial charge in [0, 0.05) is 5.02 Å². The molecule has 0 saturated heterocycles. The van der Waals surface area contributed by atoms with Crippen molar-refractivity contribution in [1.29, 1.82) is 0 Å². The van der Waals surface area contributed by atoms with Crippen LogP contribution in [0.3, 0.4) is 0 Å². The molecular weight excluding hydrogens is 402 g/mol. The average molecular weight is 405 g/mol. The molecule has 0 aliphatic rings. The summed E-state index contributed by atoms with van der Waals surface area (Å²) < 4.78 is 116. The summed E-state index contributed by atoms with van der Waals surface area (Å²) in [6.45, 7) is 0. The zero-order valence-electron chi connectivity index (χ0n) is 10.8. The third-order valence-electron chi connectivity index (χ3n) is 2.95. The largest absolute Gasteiger partial charge is 0.460 e. The van der Waals surface area contributed by atoms with Crippen LogP contribution >= 0.6 is 23.2 Å². The molecule has 0 saturated carbocycles. The first-order valence-corrected chi connectivity index (χ1v) is 6.44. The summed E-state index contributed by atoms with van der Waals surface area (Å²) in [6.07, 6.45) is -6.91. The Bertz CT molecular complexity index is 782. The topological polar surface area (TPSA) is 28.7 Å². The molecule has 1 heterocycles. The fourth-order valence-electron chi connectivity index (χ4n) is 1.71. The fraction of sp³-hybridized carbons (Fsp3) is 0.364. The molecule has 0 aliphatic carbocycles. The third-order valence-corrected chi connectivity index (χ3v) is 3.45. The Morgan fingerprint density at radius 1 is 0.833 bits per heavy atom. The van der Waals surface area contributed by atoms with E-state index in [0.29, 0.717) is 0 Å². The molecule has 1 aromatic carbocycles. The zero-order valence-corrected chi connectivity index (χ0v) is 12.3. The highest BCUT2D eigenvalue weighted by molar-refractivity contribution is 6.38. The van der Waals surface area contributed by atoms with Crippen molar-refractivity contribution in [3.05, 3.63) is 28.0 Å². The van der Waals surface area contributed by atoms with Crippen molar-refractivity contribution in [2.45, 2.75) is 23.9 Å². The number of hydrogen-bond donors (Lipinski definition) is 1. The number of alkyl halides is 9. The Labute approximate surface area is 136 Å². The number of halogens is 11. The van der Waals surface area contributed by atoms with Gasteiger partial charge in [-0.15, -0.1) is 0 Å². The normalized spacial score (nSPS) is 14.5. The molecule has 2 nitrogen and oxygen atoms in total. The molecule has 2 aromatic rings. The van der Waals surface area contributed by atoms with Gasteiger partial charge in [0.05, 0.1) is 10.5 Å². The first kappa shape index (κ1) is 19.0. The van der Waals surface area contributed by atoms with Gasteiger partial charge in [0.2, 0.25) is 0 Å². The van der Waals surface area contributed by atoms with Crippen LogP contribution in [0, 0.1) is 0 Å². The van der Waals surface area contributed by atoms with E-state index in [2.05, 4.69) is 4.98 Å². The van der Waals surface area contributed by atoms with Gasteiger partial charge in [-0.25, -0.2) is 4.98 Å². The lowest BCUT2D eigenvalue weighted by molar-refractivity contribution is -0.400. The van der Waals surface area contributed by atoms with Crippen LogP contribution in [0.1, 0.15) is 5.82 Å². The Hall–Kier alpha value is -1.36. The number of nitrogens with zero attached hydrogens (tertiary/aromatic N) is 1. The minimum absolute atomic E-state index is 0.140. The molecule has 0 spiro atoms. The van der Waals surface area contributed by atoms with Crippen molar-refractivity contribution >= 4 is 34.2 Å². The molecule has 134 valence electrons. The van der Waals surface area contributed by atoms with Crippen molar-refractivity contribution in [2.24, 2.45) is 0 Å². The lowest BCUT2D eigenvalue weighted by Crippen LogP contribution is -2.59. The fourth-order valence-corrected chi connectivity index (χ4v) is 2.25. The van der Waals surface area contributed by atoms with Crippen LogP contribution in [0.2, 0.25) is 10.0 Å². The van der Waals surface area contributed by atoms with Crippen molar-refractivity contribution in [3.8, 4) is 0 Å². The van der Waals surface area contributed by atoms with E-state index in [1.54, 1.807) is 0 Å². The molecule has 0 aliphatic heterocycles. The molecule has 0 radical (unpaired) electrons. The molecular formula is C11H3Cl2F9N2. The summed E-state index contributed by atoms with van der Waals surface area (Å²) in [6, 6.07) is 1.88. The maximum Gasteiger partial charge on any atom is 0.460 e. The summed E-state index contributed by atoms with van der Waals surface area (Å²) in [4.78, 5) is 4.45. The number of aromatic nitrogens is 2. The second-order valence-electron chi connectivity index (χ2n) is 4.59. The Kier molecular flexibility index (Phi) is 4.20. The number of aromatic amines is 1. The standard InChI is InChI=1S/C11H3Cl2F9N2/c12-3-1-4(13)6-5(2-3)23-7(24-6)8(14,15)9(16,17)10(18,19)11(20,21)22/h1-2H,(H,23,24). The number of H-pyrrole nitrogens is 1. The van der Waals surface area contributed by atoms with Gasteiger partial charge in [0.25, 0.3) is 0 Å². The van der Waals surface area contributed by atoms with E-state index in [-0.39, 0.29) is 5.02 Å². The number of benzene rings is 1. The van der Waals surface area contributed by atoms with Crippen molar-refractivity contribution in [1.82, 2.24) is 9.97 Å². The summed E-state index contributed by atoms with van der Waals surface area (Å²) >= 11 is 11.1. The highest BCUT2D eigenvalue weighted by Crippen LogP contribution is 2.56. The van der Waals surface area contributed by atoms with Crippen molar-refractivity contribution in [3.63, 3.8) is 0 Å². The van der Waals surface area contributed by atoms with E-state index in [9.17, 15) is 39.5 Å². The van der Waals surface area contributed by atoms with Gasteiger partial charge < -0.3 is 4.98 Å². The number of imidazole rings is 1. The van der Waals surface area contributed by atoms with Crippen LogP contribution in [-0.2, 0) is 5.92 Å². The molecule has 0 amide bonds. The quantitative estimate of drug-likeness (QED) is 0.644. The van der Waals surface area contributed by atoms with Crippen LogP contribution in [0.25, 0.3) is 11.0 Å². The monoisotopic (exact) mass is 404 g/mol. The van der Waals surface area contributed by atoms with Gasteiger partial charge in [-0.1, -0.05) is 23.2 Å². The van der Waals surface area contributed by atoms with Crippen molar-refractivity contribution in [2.75, 3.05) is 0 Å². The van der Waals surface area contributed by atoms with E-state index in [1.165, 1.54) is 4.98 Å². The summed E-state index contributed by atoms with van der Waals surface area (Å²) in [5, 5.41) is -0.542. The van der Waals surface area contributed by atoms with E-state index in [4.69, 9.17) is 23.2 Å². The van der Waals surface area contributed by atoms with Crippen LogP contribution in [-0.4, -0.2) is 28.0 Å². The first-order valence-electron chi connectivity index (χ1n) is 5.68. The van der Waals surface area contributed by atoms with Gasteiger partial charge >= 0.3 is 23.9 Å². The van der Waals surface area contributed by atoms with Crippen LogP contribution in [0.15, 0.2) is 12.1 Å². The molecule has 0 fully saturated rings. The summed E-state index contributed by atoms with van der Waals surface area (Å²) in [5.74, 6) is -21.9. The van der Waals surface area contributed by atoms with Crippen LogP contribution < -0.4 is 0 Å². The second-order valence-corrected chi connectivity index (χ2v) is 5.43. The molecule has 1 N–H and O–H groups in total. The Morgan fingerprint density at radius 2 is 1.38 bits per heavy atom. The Balaban J connectivity index is 2.63. The number of rotatable bonds is 3. The zero-order chi connectivity index (χ0) is 18.7. The number of fused-ring (bicyclic) bond motifs is 1. The molecule has 0 atom stereocenters. The summed E-state index contributed by atoms with van der Waals surface area (Å²) in [7, 11) is 0. The SMILES string of the molecule is FC(F)(F)C(F)(F)C(F)(F)C(F)(F)c1nc2c(Cl)cc(Cl)cc2[nH]1. The molecule has 0 bridgehead atoms. The van der Waals surface area contributed by atoms with Crippen LogP contribution in [0.5, 0.6) is 0 Å². The third kappa shape index (κ3) is 2.57. The van der Waals surface area contributed by atoms with E-state index in [1.807, 2.05) is 0 Å². The van der Waals surface area contributed by atoms with E-state index < -0.39 is 45.8 Å². The predicted octanol–water partition coefficient (Wildman–Crippen LogP) is 5.79. The van der Waals surface area contributed by atoms with Gasteiger partial charge in [0.1, 0.15) is 5.52 Å². The maximum absolute atomic E-state index is 13.7. The van der Waals surface area contributed by atoms with Gasteiger partial charge in [-0.05, 0) is 12.1 Å². The van der Waals surface area contributed by atoms with Crippen LogP contribution in [0.4, 0.5) is 39.5 Å². The average Bonchev–Trinajstić information content (AvgIpc) is 2.81. The predicted molar refractivity (Wildman–Crippen MR) is 66.0 cm³/mol. The highest BCUT2D eigenvalue weighted by Gasteiger charge is 2.82. The van der Waals surface area contributed by atoms with E-state index >= 15 is 0 Å². The van der Waals surface area contributed by atoms with Gasteiger partial charge in [-0.2, -0.15) is 39.5 Å². The van der Waals surface area contributed by atoms with Gasteiger partial charge in [-0.3, -0.25) is 0 Å². The molecule has 0 unspecified atom stereocenters. The molecule has 2 rings (SSSR count). The van der Waals surface area contributed by atoms with Crippen molar-refractivity contribution < 1.29 is 39.5 Å². The lowest BCUT2D eigenvalue weighted by Gasteiger charge is -2.32. The second kappa shape index (κ2) is 5.32. The summed E-state index contributed by atoms with van der Waals surface area (Å²) in [5.41, 5.74) is -1.00. The smallest absolute Gasteiger partial charge is 0.337 e. The first-order chi connectivity index (χ1) is 10.6. The molecule has 24 heavy (non-hydrogen) atoms. The minimum Gasteiger partial charge on any atom is -0.337 e. The van der Waals surface area contributed by atoms with E-state index in [0.717, 1.165) is 12.1 Å². The Morgan fingerprint density at radius 3 is 1.88 bits per heavy atom. The number of nitrogens with one attached hydrogen (secondary N) is 1. The lowest BCUT2D eigenvalue weighted by atomic mass is 10.0. The maximum atomic E-state index is 13.7. The molecule has 13 heteroatoms. The molecule has 1 aromatic heterocycles. The van der Waals surface area contributed by atoms with Gasteiger partial charge in [0.15, 0.2) is 5.82 Å². The number of hydrogen-bond acceptors (Lipinski definition) is 1.